The third kappa shape index (κ3) is 6.59. The molecular formula is C26H31ClN2O4. The van der Waals surface area contributed by atoms with Crippen molar-refractivity contribution in [1.29, 1.82) is 0 Å². The predicted octanol–water partition coefficient (Wildman–Crippen LogP) is 5.66. The Kier molecular flexibility index (Phi) is 9.34. The van der Waals surface area contributed by atoms with Crippen molar-refractivity contribution in [2.45, 2.75) is 26.2 Å². The van der Waals surface area contributed by atoms with E-state index in [4.69, 9.17) is 21.1 Å². The zero-order valence-corrected chi connectivity index (χ0v) is 20.0. The molecule has 2 aromatic carbocycles. The van der Waals surface area contributed by atoms with Gasteiger partial charge in [0.15, 0.2) is 0 Å². The lowest BCUT2D eigenvalue weighted by Gasteiger charge is -2.28. The molecule has 2 aromatic rings. The molecule has 6 nitrogen and oxygen atoms in total. The maximum atomic E-state index is 12.7. The van der Waals surface area contributed by atoms with E-state index in [2.05, 4.69) is 35.2 Å². The Morgan fingerprint density at radius 1 is 1.09 bits per heavy atom. The van der Waals surface area contributed by atoms with E-state index >= 15 is 0 Å². The van der Waals surface area contributed by atoms with Gasteiger partial charge in [0.25, 0.3) is 0 Å². The van der Waals surface area contributed by atoms with Gasteiger partial charge in [-0.25, -0.2) is 9.59 Å². The number of hydrogen-bond acceptors (Lipinski definition) is 5. The highest BCUT2D eigenvalue weighted by Crippen LogP contribution is 2.31. The van der Waals surface area contributed by atoms with E-state index in [0.29, 0.717) is 17.3 Å². The van der Waals surface area contributed by atoms with Crippen molar-refractivity contribution in [2.24, 2.45) is 0 Å². The van der Waals surface area contributed by atoms with Crippen molar-refractivity contribution in [2.75, 3.05) is 44.8 Å². The number of methoxy groups -OCH3 is 1. The van der Waals surface area contributed by atoms with Crippen LogP contribution in [0.3, 0.4) is 0 Å². The first kappa shape index (κ1) is 24.8. The minimum Gasteiger partial charge on any atom is -0.465 e. The molecule has 176 valence electrons. The van der Waals surface area contributed by atoms with Crippen molar-refractivity contribution in [1.82, 2.24) is 4.90 Å². The fourth-order valence-electron chi connectivity index (χ4n) is 3.99. The Balaban J connectivity index is 1.60. The van der Waals surface area contributed by atoms with E-state index in [9.17, 15) is 9.59 Å². The molecule has 1 aliphatic rings. The Morgan fingerprint density at radius 3 is 2.55 bits per heavy atom. The molecule has 0 radical (unpaired) electrons. The molecule has 0 unspecified atom stereocenters. The quantitative estimate of drug-likeness (QED) is 0.349. The molecular weight excluding hydrogens is 440 g/mol. The molecule has 0 spiro atoms. The molecule has 0 aliphatic carbocycles. The van der Waals surface area contributed by atoms with Gasteiger partial charge in [-0.05, 0) is 56.0 Å². The number of esters is 1. The molecule has 1 heterocycles. The van der Waals surface area contributed by atoms with Crippen LogP contribution in [0.25, 0.3) is 5.57 Å². The number of rotatable bonds is 9. The number of benzene rings is 2. The van der Waals surface area contributed by atoms with Gasteiger partial charge in [0.1, 0.15) is 0 Å². The number of hydrogen-bond donors (Lipinski definition) is 0. The second kappa shape index (κ2) is 12.4. The molecule has 0 aromatic heterocycles. The van der Waals surface area contributed by atoms with Gasteiger partial charge in [-0.1, -0.05) is 54.1 Å². The second-order valence-corrected chi connectivity index (χ2v) is 8.24. The maximum Gasteiger partial charge on any atom is 0.414 e. The summed E-state index contributed by atoms with van der Waals surface area (Å²) in [5.74, 6) is -0.545. The number of unbranched alkanes of at least 4 members (excludes halogenated alkanes) is 1. The van der Waals surface area contributed by atoms with Crippen molar-refractivity contribution >= 4 is 34.9 Å². The van der Waals surface area contributed by atoms with Crippen molar-refractivity contribution in [3.05, 3.63) is 70.8 Å². The third-order valence-corrected chi connectivity index (χ3v) is 6.00. The zero-order valence-electron chi connectivity index (χ0n) is 19.3. The largest absolute Gasteiger partial charge is 0.465 e. The van der Waals surface area contributed by atoms with Gasteiger partial charge in [-0.15, -0.1) is 0 Å². The van der Waals surface area contributed by atoms with Gasteiger partial charge in [0.2, 0.25) is 0 Å². The summed E-state index contributed by atoms with van der Waals surface area (Å²) >= 11 is 6.40. The number of carbonyl (C=O) groups is 2. The van der Waals surface area contributed by atoms with Crippen LogP contribution in [0.1, 0.15) is 42.1 Å². The average molecular weight is 471 g/mol. The first-order valence-electron chi connectivity index (χ1n) is 11.3. The number of carbonyl (C=O) groups excluding carboxylic acids is 2. The summed E-state index contributed by atoms with van der Waals surface area (Å²) in [6.07, 6.45) is 4.46. The minimum atomic E-state index is -0.545. The van der Waals surface area contributed by atoms with Crippen LogP contribution in [0.15, 0.2) is 54.6 Å². The van der Waals surface area contributed by atoms with E-state index in [1.807, 2.05) is 6.07 Å². The molecule has 33 heavy (non-hydrogen) atoms. The Morgan fingerprint density at radius 2 is 1.88 bits per heavy atom. The highest BCUT2D eigenvalue weighted by molar-refractivity contribution is 6.34. The van der Waals surface area contributed by atoms with E-state index in [-0.39, 0.29) is 12.2 Å². The van der Waals surface area contributed by atoms with Gasteiger partial charge in [-0.3, -0.25) is 9.80 Å². The number of anilines is 1. The van der Waals surface area contributed by atoms with Crippen LogP contribution in [-0.2, 0) is 9.47 Å². The number of ether oxygens (including phenoxy) is 2. The van der Waals surface area contributed by atoms with Crippen LogP contribution in [0, 0.1) is 0 Å². The summed E-state index contributed by atoms with van der Waals surface area (Å²) in [5, 5.41) is 0.306. The summed E-state index contributed by atoms with van der Waals surface area (Å²) in [5.41, 5.74) is 3.27. The lowest BCUT2D eigenvalue weighted by Crippen LogP contribution is -2.35. The average Bonchev–Trinajstić information content (AvgIpc) is 2.85. The van der Waals surface area contributed by atoms with Crippen molar-refractivity contribution in [3.8, 4) is 0 Å². The number of para-hydroxylation sites is 1. The molecule has 0 bridgehead atoms. The van der Waals surface area contributed by atoms with Crippen LogP contribution < -0.4 is 4.90 Å². The smallest absolute Gasteiger partial charge is 0.414 e. The van der Waals surface area contributed by atoms with Crippen LogP contribution in [0.2, 0.25) is 5.02 Å². The number of nitrogens with zero attached hydrogens (tertiary/aromatic N) is 2. The lowest BCUT2D eigenvalue weighted by molar-refractivity contribution is 0.0601. The number of amides is 1. The Labute approximate surface area is 200 Å². The van der Waals surface area contributed by atoms with Crippen LogP contribution in [-0.4, -0.2) is 56.9 Å². The van der Waals surface area contributed by atoms with E-state index < -0.39 is 12.1 Å². The van der Waals surface area contributed by atoms with Gasteiger partial charge < -0.3 is 9.47 Å². The Hall–Kier alpha value is -2.83. The summed E-state index contributed by atoms with van der Waals surface area (Å²) in [6, 6.07) is 15.4. The van der Waals surface area contributed by atoms with Gasteiger partial charge in [-0.2, -0.15) is 0 Å². The fourth-order valence-corrected chi connectivity index (χ4v) is 4.27. The third-order valence-electron chi connectivity index (χ3n) is 5.69. The van der Waals surface area contributed by atoms with Gasteiger partial charge in [0.05, 0.1) is 30.0 Å². The molecule has 1 aliphatic heterocycles. The molecule has 7 heteroatoms. The standard InChI is InChI=1S/C26H31ClN2O4/c1-3-33-26(31)29(24-22(25(30)32-2)12-9-13-23(24)27)17-8-7-16-28-18-14-21(15-19-28)20-10-5-4-6-11-20/h4-6,9-14H,3,7-8,15-19H2,1-2H3. The molecule has 0 saturated heterocycles. The van der Waals surface area contributed by atoms with Gasteiger partial charge in [0, 0.05) is 19.6 Å². The first-order chi connectivity index (χ1) is 16.0. The van der Waals surface area contributed by atoms with Crippen LogP contribution in [0.5, 0.6) is 0 Å². The summed E-state index contributed by atoms with van der Waals surface area (Å²) in [7, 11) is 1.30. The topological polar surface area (TPSA) is 59.1 Å². The fraction of sp³-hybridized carbons (Fsp3) is 0.385. The van der Waals surface area contributed by atoms with Crippen LogP contribution in [0.4, 0.5) is 10.5 Å². The van der Waals surface area contributed by atoms with Crippen molar-refractivity contribution < 1.29 is 19.1 Å². The predicted molar refractivity (Wildman–Crippen MR) is 132 cm³/mol. The summed E-state index contributed by atoms with van der Waals surface area (Å²) in [4.78, 5) is 28.8. The maximum absolute atomic E-state index is 12.7. The summed E-state index contributed by atoms with van der Waals surface area (Å²) in [6.45, 7) is 5.24. The Bertz CT molecular complexity index is 978. The molecule has 0 fully saturated rings. The second-order valence-electron chi connectivity index (χ2n) is 7.83. The number of halogens is 1. The van der Waals surface area contributed by atoms with E-state index in [1.54, 1.807) is 25.1 Å². The summed E-state index contributed by atoms with van der Waals surface area (Å²) < 4.78 is 10.1. The monoisotopic (exact) mass is 470 g/mol. The molecule has 1 amide bonds. The minimum absolute atomic E-state index is 0.233. The highest BCUT2D eigenvalue weighted by Gasteiger charge is 2.25. The van der Waals surface area contributed by atoms with Gasteiger partial charge >= 0.3 is 12.1 Å². The molecule has 3 rings (SSSR count). The highest BCUT2D eigenvalue weighted by atomic mass is 35.5. The normalized spacial score (nSPS) is 13.8. The van der Waals surface area contributed by atoms with Crippen molar-refractivity contribution in [3.63, 3.8) is 0 Å². The SMILES string of the molecule is CCOC(=O)N(CCCCN1CC=C(c2ccccc2)CC1)c1c(Cl)cccc1C(=O)OC. The molecule has 0 N–H and O–H groups in total. The first-order valence-corrected chi connectivity index (χ1v) is 11.7. The van der Waals surface area contributed by atoms with E-state index in [0.717, 1.165) is 38.9 Å². The van der Waals surface area contributed by atoms with E-state index in [1.165, 1.54) is 23.1 Å². The lowest BCUT2D eigenvalue weighted by atomic mass is 9.99. The molecule has 0 atom stereocenters. The van der Waals surface area contributed by atoms with Crippen LogP contribution >= 0.6 is 11.6 Å². The molecule has 0 saturated carbocycles. The zero-order chi connectivity index (χ0) is 23.6.